The lowest BCUT2D eigenvalue weighted by Crippen LogP contribution is -2.34. The van der Waals surface area contributed by atoms with Gasteiger partial charge in [0.25, 0.3) is 0 Å². The second-order valence-electron chi connectivity index (χ2n) is 11.1. The van der Waals surface area contributed by atoms with Crippen molar-refractivity contribution in [3.63, 3.8) is 0 Å². The molecule has 0 aromatic carbocycles. The third-order valence-electron chi connectivity index (χ3n) is 5.73. The number of amides is 1. The van der Waals surface area contributed by atoms with E-state index in [1.54, 1.807) is 0 Å². The first kappa shape index (κ1) is 44.8. The van der Waals surface area contributed by atoms with Gasteiger partial charge in [-0.2, -0.15) is 0 Å². The van der Waals surface area contributed by atoms with Gasteiger partial charge < -0.3 is 62.2 Å². The molecule has 0 aliphatic carbocycles. The van der Waals surface area contributed by atoms with E-state index >= 15 is 0 Å². The monoisotopic (exact) mass is 671 g/mol. The molecule has 14 heteroatoms. The minimum absolute atomic E-state index is 0.384. The van der Waals surface area contributed by atoms with Crippen molar-refractivity contribution in [1.29, 1.82) is 0 Å². The van der Waals surface area contributed by atoms with E-state index in [1.165, 1.54) is 0 Å². The zero-order valence-electron chi connectivity index (χ0n) is 29.4. The molecule has 1 amide bonds. The van der Waals surface area contributed by atoms with E-state index in [1.807, 2.05) is 20.8 Å². The Morgan fingerprint density at radius 1 is 0.478 bits per heavy atom. The number of carbonyl (C=O) groups excluding carboxylic acids is 1. The highest BCUT2D eigenvalue weighted by Gasteiger charge is 2.15. The maximum Gasteiger partial charge on any atom is 0.407 e. The molecule has 0 aliphatic heterocycles. The fourth-order valence-corrected chi connectivity index (χ4v) is 3.14. The van der Waals surface area contributed by atoms with Gasteiger partial charge in [0, 0.05) is 13.2 Å². The second-order valence-corrected chi connectivity index (χ2v) is 11.1. The molecule has 0 aromatic heterocycles. The van der Waals surface area contributed by atoms with Gasteiger partial charge in [0.15, 0.2) is 0 Å². The van der Waals surface area contributed by atoms with Gasteiger partial charge in [-0.25, -0.2) is 4.79 Å². The molecule has 0 saturated carbocycles. The summed E-state index contributed by atoms with van der Waals surface area (Å²) in [6.45, 7) is 21.6. The van der Waals surface area contributed by atoms with Crippen LogP contribution in [0.1, 0.15) is 41.0 Å². The SMILES string of the molecule is CCC(C)COCCOCCOCCOCCOCCOCCOCCOCCOCCOCCOCCNC(=O)OC(C)(C)C. The van der Waals surface area contributed by atoms with Crippen LogP contribution in [0.4, 0.5) is 4.79 Å². The number of hydrogen-bond acceptors (Lipinski definition) is 13. The summed E-state index contributed by atoms with van der Waals surface area (Å²) in [5.41, 5.74) is -0.510. The minimum atomic E-state index is -0.510. The maximum atomic E-state index is 11.5. The lowest BCUT2D eigenvalue weighted by Gasteiger charge is -2.19. The molecule has 0 aromatic rings. The molecule has 1 unspecified atom stereocenters. The lowest BCUT2D eigenvalue weighted by atomic mass is 10.1. The second kappa shape index (κ2) is 35.1. The first-order chi connectivity index (χ1) is 22.3. The van der Waals surface area contributed by atoms with Gasteiger partial charge in [0.2, 0.25) is 0 Å². The van der Waals surface area contributed by atoms with Crippen LogP contribution >= 0.6 is 0 Å². The molecule has 0 spiro atoms. The van der Waals surface area contributed by atoms with Gasteiger partial charge in [-0.1, -0.05) is 20.3 Å². The number of rotatable bonds is 36. The van der Waals surface area contributed by atoms with E-state index in [-0.39, 0.29) is 0 Å². The van der Waals surface area contributed by atoms with Crippen LogP contribution < -0.4 is 5.32 Å². The Morgan fingerprint density at radius 3 is 1.00 bits per heavy atom. The van der Waals surface area contributed by atoms with Crippen LogP contribution in [0, 0.1) is 5.92 Å². The van der Waals surface area contributed by atoms with Gasteiger partial charge in [0.1, 0.15) is 5.60 Å². The highest BCUT2D eigenvalue weighted by atomic mass is 16.6. The number of nitrogens with one attached hydrogen (secondary N) is 1. The topological polar surface area (TPSA) is 140 Å². The van der Waals surface area contributed by atoms with Crippen molar-refractivity contribution in [3.8, 4) is 0 Å². The first-order valence-corrected chi connectivity index (χ1v) is 16.7. The van der Waals surface area contributed by atoms with Crippen LogP contribution in [-0.4, -0.2) is 164 Å². The van der Waals surface area contributed by atoms with Gasteiger partial charge in [0.05, 0.1) is 139 Å². The van der Waals surface area contributed by atoms with E-state index in [0.717, 1.165) is 13.0 Å². The Morgan fingerprint density at radius 2 is 0.739 bits per heavy atom. The fraction of sp³-hybridized carbons (Fsp3) is 0.969. The van der Waals surface area contributed by atoms with E-state index in [9.17, 15) is 4.79 Å². The van der Waals surface area contributed by atoms with E-state index < -0.39 is 11.7 Å². The number of alkyl carbamates (subject to hydrolysis) is 1. The molecule has 0 aliphatic rings. The first-order valence-electron chi connectivity index (χ1n) is 16.7. The van der Waals surface area contributed by atoms with Crippen LogP contribution in [0.25, 0.3) is 0 Å². The summed E-state index contributed by atoms with van der Waals surface area (Å²) in [5.74, 6) is 0.594. The molecule has 1 N–H and O–H groups in total. The summed E-state index contributed by atoms with van der Waals surface area (Å²) in [7, 11) is 0. The molecule has 1 atom stereocenters. The standard InChI is InChI=1S/C32H65NO13/c1-6-30(2)29-45-28-27-44-26-25-43-24-23-42-22-21-41-20-19-40-18-17-39-16-15-38-14-13-37-12-11-36-10-9-35-8-7-33-31(34)46-32(3,4)5/h30H,6-29H2,1-5H3,(H,33,34). The van der Waals surface area contributed by atoms with Crippen molar-refractivity contribution in [1.82, 2.24) is 5.32 Å². The molecule has 14 nitrogen and oxygen atoms in total. The Labute approximate surface area is 277 Å². The van der Waals surface area contributed by atoms with Gasteiger partial charge in [-0.15, -0.1) is 0 Å². The molecule has 0 heterocycles. The number of carbonyl (C=O) groups is 1. The average molecular weight is 672 g/mol. The van der Waals surface area contributed by atoms with E-state index in [0.29, 0.717) is 151 Å². The molecule has 46 heavy (non-hydrogen) atoms. The van der Waals surface area contributed by atoms with Crippen molar-refractivity contribution < 1.29 is 61.6 Å². The van der Waals surface area contributed by atoms with Crippen LogP contribution in [0.5, 0.6) is 0 Å². The largest absolute Gasteiger partial charge is 0.444 e. The molecule has 0 rings (SSSR count). The fourth-order valence-electron chi connectivity index (χ4n) is 3.14. The van der Waals surface area contributed by atoms with Gasteiger partial charge in [-0.05, 0) is 26.7 Å². The Balaban J connectivity index is 3.10. The zero-order chi connectivity index (χ0) is 33.8. The summed E-state index contributed by atoms with van der Waals surface area (Å²) >= 11 is 0. The summed E-state index contributed by atoms with van der Waals surface area (Å²) in [6, 6.07) is 0. The zero-order valence-corrected chi connectivity index (χ0v) is 29.4. The molecule has 276 valence electrons. The molecular formula is C32H65NO13. The summed E-state index contributed by atoms with van der Waals surface area (Å²) < 4.78 is 65.3. The average Bonchev–Trinajstić information content (AvgIpc) is 3.01. The third-order valence-corrected chi connectivity index (χ3v) is 5.73. The Kier molecular flexibility index (Phi) is 34.3. The quantitative estimate of drug-likeness (QED) is 0.0978. The van der Waals surface area contributed by atoms with Crippen molar-refractivity contribution in [2.24, 2.45) is 5.92 Å². The van der Waals surface area contributed by atoms with Crippen molar-refractivity contribution in [2.45, 2.75) is 46.6 Å². The van der Waals surface area contributed by atoms with Crippen LogP contribution in [0.3, 0.4) is 0 Å². The smallest absolute Gasteiger partial charge is 0.407 e. The summed E-state index contributed by atoms with van der Waals surface area (Å²) in [6.07, 6.45) is 0.679. The van der Waals surface area contributed by atoms with Crippen LogP contribution in [-0.2, 0) is 56.8 Å². The Hall–Kier alpha value is -1.17. The Bertz CT molecular complexity index is 625. The summed E-state index contributed by atoms with van der Waals surface area (Å²) in [5, 5.41) is 2.63. The maximum absolute atomic E-state index is 11.5. The van der Waals surface area contributed by atoms with Gasteiger partial charge >= 0.3 is 6.09 Å². The summed E-state index contributed by atoms with van der Waals surface area (Å²) in [4.78, 5) is 11.5. The van der Waals surface area contributed by atoms with Crippen molar-refractivity contribution in [2.75, 3.05) is 152 Å². The third kappa shape index (κ3) is 39.0. The van der Waals surface area contributed by atoms with Crippen LogP contribution in [0.15, 0.2) is 0 Å². The highest BCUT2D eigenvalue weighted by Crippen LogP contribution is 2.06. The molecular weight excluding hydrogens is 606 g/mol. The van der Waals surface area contributed by atoms with Crippen LogP contribution in [0.2, 0.25) is 0 Å². The number of ether oxygens (including phenoxy) is 12. The van der Waals surface area contributed by atoms with E-state index in [2.05, 4.69) is 19.2 Å². The predicted octanol–water partition coefficient (Wildman–Crippen LogP) is 2.74. The van der Waals surface area contributed by atoms with Crippen molar-refractivity contribution >= 4 is 6.09 Å². The van der Waals surface area contributed by atoms with E-state index in [4.69, 9.17) is 56.8 Å². The molecule has 0 bridgehead atoms. The minimum Gasteiger partial charge on any atom is -0.444 e. The highest BCUT2D eigenvalue weighted by molar-refractivity contribution is 5.67. The normalized spacial score (nSPS) is 12.5. The number of hydrogen-bond donors (Lipinski definition) is 1. The predicted molar refractivity (Wildman–Crippen MR) is 173 cm³/mol. The van der Waals surface area contributed by atoms with Gasteiger partial charge in [-0.3, -0.25) is 0 Å². The molecule has 0 radical (unpaired) electrons. The molecule has 0 fully saturated rings. The lowest BCUT2D eigenvalue weighted by molar-refractivity contribution is -0.0278. The van der Waals surface area contributed by atoms with Crippen molar-refractivity contribution in [3.05, 3.63) is 0 Å². The molecule has 0 saturated heterocycles.